The van der Waals surface area contributed by atoms with Crippen LogP contribution in [-0.2, 0) is 10.8 Å². The van der Waals surface area contributed by atoms with Crippen LogP contribution in [-0.4, -0.2) is 4.98 Å². The molecule has 23 heavy (non-hydrogen) atoms. The number of aryl methyl sites for hydroxylation is 1. The highest BCUT2D eigenvalue weighted by Crippen LogP contribution is 2.39. The van der Waals surface area contributed by atoms with E-state index < -0.39 is 0 Å². The molecule has 124 valence electrons. The van der Waals surface area contributed by atoms with Crippen LogP contribution in [0.1, 0.15) is 71.1 Å². The van der Waals surface area contributed by atoms with Crippen LogP contribution >= 0.6 is 0 Å². The second-order valence-corrected chi connectivity index (χ2v) is 7.90. The first-order valence-electron chi connectivity index (χ1n) is 8.80. The number of rotatable bonds is 5. The minimum Gasteiger partial charge on any atom is -0.256 e. The molecule has 0 N–H and O–H groups in total. The van der Waals surface area contributed by atoms with Gasteiger partial charge in [0.2, 0.25) is 0 Å². The summed E-state index contributed by atoms with van der Waals surface area (Å²) in [5.74, 6) is 0. The zero-order valence-corrected chi connectivity index (χ0v) is 15.8. The summed E-state index contributed by atoms with van der Waals surface area (Å²) in [5, 5.41) is 0. The van der Waals surface area contributed by atoms with Crippen molar-refractivity contribution in [1.82, 2.24) is 4.98 Å². The van der Waals surface area contributed by atoms with Crippen LogP contribution < -0.4 is 0 Å². The van der Waals surface area contributed by atoms with Crippen molar-refractivity contribution in [3.8, 4) is 11.3 Å². The highest BCUT2D eigenvalue weighted by molar-refractivity contribution is 5.65. The molecule has 0 aliphatic heterocycles. The van der Waals surface area contributed by atoms with E-state index in [0.29, 0.717) is 0 Å². The zero-order chi connectivity index (χ0) is 17.3. The van der Waals surface area contributed by atoms with Gasteiger partial charge in [0.1, 0.15) is 0 Å². The fraction of sp³-hybridized carbons (Fsp3) is 0.500. The number of pyridine rings is 1. The van der Waals surface area contributed by atoms with Crippen LogP contribution in [0.5, 0.6) is 0 Å². The maximum absolute atomic E-state index is 4.83. The fourth-order valence-electron chi connectivity index (χ4n) is 2.94. The summed E-state index contributed by atoms with van der Waals surface area (Å²) in [7, 11) is 0. The standard InChI is InChI=1S/C22H31N/c1-8-21(4,5)18-14-20(17-13-11-10-12-16(17)3)23-15-19(18)22(6,7)9-2/h10-15H,8-9H2,1-7H3. The molecule has 1 aromatic heterocycles. The Morgan fingerprint density at radius 2 is 1.43 bits per heavy atom. The van der Waals surface area contributed by atoms with Gasteiger partial charge in [0.15, 0.2) is 0 Å². The zero-order valence-electron chi connectivity index (χ0n) is 15.8. The van der Waals surface area contributed by atoms with Crippen molar-refractivity contribution in [2.75, 3.05) is 0 Å². The third kappa shape index (κ3) is 3.49. The summed E-state index contributed by atoms with van der Waals surface area (Å²) in [6.45, 7) is 16.0. The van der Waals surface area contributed by atoms with Crippen molar-refractivity contribution >= 4 is 0 Å². The lowest BCUT2D eigenvalue weighted by Crippen LogP contribution is -2.26. The summed E-state index contributed by atoms with van der Waals surface area (Å²) in [4.78, 5) is 4.83. The van der Waals surface area contributed by atoms with Crippen molar-refractivity contribution in [3.63, 3.8) is 0 Å². The Morgan fingerprint density at radius 1 is 0.870 bits per heavy atom. The minimum absolute atomic E-state index is 0.152. The molecule has 0 aliphatic rings. The maximum Gasteiger partial charge on any atom is 0.0707 e. The predicted molar refractivity (Wildman–Crippen MR) is 101 cm³/mol. The van der Waals surface area contributed by atoms with Gasteiger partial charge in [-0.25, -0.2) is 0 Å². The Balaban J connectivity index is 2.68. The molecule has 1 heterocycles. The molecule has 0 fully saturated rings. The van der Waals surface area contributed by atoms with Gasteiger partial charge in [-0.05, 0) is 53.4 Å². The first-order valence-corrected chi connectivity index (χ1v) is 8.80. The van der Waals surface area contributed by atoms with Gasteiger partial charge in [-0.2, -0.15) is 0 Å². The number of nitrogens with zero attached hydrogens (tertiary/aromatic N) is 1. The van der Waals surface area contributed by atoms with Gasteiger partial charge >= 0.3 is 0 Å². The highest BCUT2D eigenvalue weighted by Gasteiger charge is 2.29. The molecule has 0 spiro atoms. The largest absolute Gasteiger partial charge is 0.256 e. The summed E-state index contributed by atoms with van der Waals surface area (Å²) in [5.41, 5.74) is 6.75. The monoisotopic (exact) mass is 309 g/mol. The Labute approximate surface area is 142 Å². The third-order valence-electron chi connectivity index (χ3n) is 5.55. The average molecular weight is 309 g/mol. The van der Waals surface area contributed by atoms with E-state index in [1.54, 1.807) is 0 Å². The lowest BCUT2D eigenvalue weighted by Gasteiger charge is -2.33. The topological polar surface area (TPSA) is 12.9 Å². The van der Waals surface area contributed by atoms with E-state index in [1.165, 1.54) is 22.3 Å². The van der Waals surface area contributed by atoms with Crippen LogP contribution in [0.2, 0.25) is 0 Å². The first-order chi connectivity index (χ1) is 10.7. The van der Waals surface area contributed by atoms with Crippen LogP contribution in [0.3, 0.4) is 0 Å². The fourth-order valence-corrected chi connectivity index (χ4v) is 2.94. The molecule has 0 atom stereocenters. The van der Waals surface area contributed by atoms with Gasteiger partial charge in [-0.1, -0.05) is 65.8 Å². The van der Waals surface area contributed by atoms with Crippen LogP contribution in [0, 0.1) is 6.92 Å². The van der Waals surface area contributed by atoms with Gasteiger partial charge in [0, 0.05) is 11.8 Å². The molecule has 0 saturated heterocycles. The molecule has 0 unspecified atom stereocenters. The molecule has 1 heteroatoms. The normalized spacial score (nSPS) is 12.5. The van der Waals surface area contributed by atoms with Crippen molar-refractivity contribution in [2.45, 2.75) is 72.1 Å². The smallest absolute Gasteiger partial charge is 0.0707 e. The van der Waals surface area contributed by atoms with E-state index in [-0.39, 0.29) is 10.8 Å². The van der Waals surface area contributed by atoms with E-state index in [1.807, 2.05) is 0 Å². The van der Waals surface area contributed by atoms with E-state index in [2.05, 4.69) is 85.0 Å². The minimum atomic E-state index is 0.152. The molecule has 1 aromatic carbocycles. The summed E-state index contributed by atoms with van der Waals surface area (Å²) in [6.07, 6.45) is 4.36. The first kappa shape index (κ1) is 17.7. The maximum atomic E-state index is 4.83. The Kier molecular flexibility index (Phi) is 4.98. The SMILES string of the molecule is CCC(C)(C)c1cnc(-c2ccccc2C)cc1C(C)(C)CC. The molecular weight excluding hydrogens is 278 g/mol. The van der Waals surface area contributed by atoms with Crippen LogP contribution in [0.25, 0.3) is 11.3 Å². The lowest BCUT2D eigenvalue weighted by molar-refractivity contribution is 0.454. The van der Waals surface area contributed by atoms with Gasteiger partial charge in [0.05, 0.1) is 5.69 Å². The van der Waals surface area contributed by atoms with Crippen LogP contribution in [0.15, 0.2) is 36.5 Å². The van der Waals surface area contributed by atoms with Crippen LogP contribution in [0.4, 0.5) is 0 Å². The quantitative estimate of drug-likeness (QED) is 0.620. The predicted octanol–water partition coefficient (Wildman–Crippen LogP) is 6.43. The van der Waals surface area contributed by atoms with E-state index in [9.17, 15) is 0 Å². The molecular formula is C22H31N. The Hall–Kier alpha value is -1.63. The van der Waals surface area contributed by atoms with Gasteiger partial charge in [-0.15, -0.1) is 0 Å². The van der Waals surface area contributed by atoms with E-state index in [4.69, 9.17) is 4.98 Å². The summed E-state index contributed by atoms with van der Waals surface area (Å²) in [6, 6.07) is 10.8. The molecule has 2 aromatic rings. The highest BCUT2D eigenvalue weighted by atomic mass is 14.7. The van der Waals surface area contributed by atoms with Crippen molar-refractivity contribution in [1.29, 1.82) is 0 Å². The van der Waals surface area contributed by atoms with E-state index >= 15 is 0 Å². The van der Waals surface area contributed by atoms with Gasteiger partial charge in [-0.3, -0.25) is 4.98 Å². The van der Waals surface area contributed by atoms with Crippen molar-refractivity contribution in [3.05, 3.63) is 53.2 Å². The molecule has 0 bridgehead atoms. The third-order valence-corrected chi connectivity index (χ3v) is 5.55. The number of hydrogen-bond acceptors (Lipinski definition) is 1. The molecule has 0 aliphatic carbocycles. The Bertz CT molecular complexity index is 680. The molecule has 0 amide bonds. The van der Waals surface area contributed by atoms with Gasteiger partial charge < -0.3 is 0 Å². The molecule has 2 rings (SSSR count). The lowest BCUT2D eigenvalue weighted by atomic mass is 9.72. The molecule has 1 nitrogen and oxygen atoms in total. The molecule has 0 saturated carbocycles. The van der Waals surface area contributed by atoms with Gasteiger partial charge in [0.25, 0.3) is 0 Å². The van der Waals surface area contributed by atoms with E-state index in [0.717, 1.165) is 18.5 Å². The number of hydrogen-bond donors (Lipinski definition) is 0. The summed E-state index contributed by atoms with van der Waals surface area (Å²) < 4.78 is 0. The molecule has 0 radical (unpaired) electrons. The Morgan fingerprint density at radius 3 is 2.00 bits per heavy atom. The average Bonchev–Trinajstić information content (AvgIpc) is 2.54. The van der Waals surface area contributed by atoms with Crippen molar-refractivity contribution in [2.24, 2.45) is 0 Å². The number of benzene rings is 1. The summed E-state index contributed by atoms with van der Waals surface area (Å²) >= 11 is 0. The second kappa shape index (κ2) is 6.47. The number of aromatic nitrogens is 1. The second-order valence-electron chi connectivity index (χ2n) is 7.90. The van der Waals surface area contributed by atoms with Crippen molar-refractivity contribution < 1.29 is 0 Å².